The first-order chi connectivity index (χ1) is 12.1. The second-order valence-corrected chi connectivity index (χ2v) is 7.01. The van der Waals surface area contributed by atoms with Crippen molar-refractivity contribution < 1.29 is 9.59 Å². The summed E-state index contributed by atoms with van der Waals surface area (Å²) in [5, 5.41) is 6.34. The lowest BCUT2D eigenvalue weighted by Gasteiger charge is -2.41. The highest BCUT2D eigenvalue weighted by molar-refractivity contribution is 5.98. The first kappa shape index (κ1) is 23.5. The summed E-state index contributed by atoms with van der Waals surface area (Å²) < 4.78 is 0. The van der Waals surface area contributed by atoms with Gasteiger partial charge in [0, 0.05) is 44.5 Å². The van der Waals surface area contributed by atoms with E-state index < -0.39 is 0 Å². The van der Waals surface area contributed by atoms with Crippen LogP contribution >= 0.6 is 24.8 Å². The Bertz CT molecular complexity index is 644. The van der Waals surface area contributed by atoms with Crippen molar-refractivity contribution in [1.82, 2.24) is 20.1 Å². The first-order valence-electron chi connectivity index (χ1n) is 9.07. The molecule has 3 rings (SSSR count). The maximum Gasteiger partial charge on any atom is 0.257 e. The van der Waals surface area contributed by atoms with Crippen LogP contribution in [0.1, 0.15) is 37.0 Å². The molecule has 1 unspecified atom stereocenters. The van der Waals surface area contributed by atoms with Gasteiger partial charge in [-0.2, -0.15) is 0 Å². The van der Waals surface area contributed by atoms with Gasteiger partial charge in [0.15, 0.2) is 0 Å². The van der Waals surface area contributed by atoms with Gasteiger partial charge in [0.25, 0.3) is 5.91 Å². The van der Waals surface area contributed by atoms with Gasteiger partial charge in [-0.3, -0.25) is 9.59 Å². The molecule has 1 aromatic rings. The summed E-state index contributed by atoms with van der Waals surface area (Å²) in [6.07, 6.45) is 3.57. The van der Waals surface area contributed by atoms with Gasteiger partial charge in [0.1, 0.15) is 5.82 Å². The number of aromatic nitrogens is 1. The summed E-state index contributed by atoms with van der Waals surface area (Å²) in [6.45, 7) is 7.31. The fourth-order valence-electron chi connectivity index (χ4n) is 3.54. The fourth-order valence-corrected chi connectivity index (χ4v) is 3.54. The third-order valence-electron chi connectivity index (χ3n) is 4.71. The van der Waals surface area contributed by atoms with Gasteiger partial charge in [0.05, 0.1) is 12.1 Å². The number of carbonyl (C=O) groups is 2. The van der Waals surface area contributed by atoms with E-state index in [2.05, 4.69) is 15.6 Å². The van der Waals surface area contributed by atoms with Crippen molar-refractivity contribution >= 4 is 42.4 Å². The van der Waals surface area contributed by atoms with Crippen molar-refractivity contribution in [2.24, 2.45) is 0 Å². The molecule has 9 heteroatoms. The number of nitrogens with one attached hydrogen (secondary N) is 2. The quantitative estimate of drug-likeness (QED) is 0.780. The number of amides is 2. The highest BCUT2D eigenvalue weighted by Gasteiger charge is 2.32. The number of piperazine rings is 1. The van der Waals surface area contributed by atoms with Crippen LogP contribution in [0.3, 0.4) is 0 Å². The van der Waals surface area contributed by atoms with Gasteiger partial charge < -0.3 is 20.4 Å². The summed E-state index contributed by atoms with van der Waals surface area (Å²) in [7, 11) is 0. The summed E-state index contributed by atoms with van der Waals surface area (Å²) in [4.78, 5) is 33.3. The lowest BCUT2D eigenvalue weighted by atomic mass is 10.0. The van der Waals surface area contributed by atoms with E-state index in [1.807, 2.05) is 29.7 Å². The van der Waals surface area contributed by atoms with Crippen LogP contribution in [-0.4, -0.2) is 71.4 Å². The van der Waals surface area contributed by atoms with Crippen molar-refractivity contribution in [3.63, 3.8) is 0 Å². The molecule has 1 atom stereocenters. The van der Waals surface area contributed by atoms with Crippen molar-refractivity contribution in [3.8, 4) is 0 Å². The van der Waals surface area contributed by atoms with Gasteiger partial charge >= 0.3 is 0 Å². The van der Waals surface area contributed by atoms with Crippen molar-refractivity contribution in [2.45, 2.75) is 38.8 Å². The van der Waals surface area contributed by atoms with E-state index in [1.165, 1.54) is 0 Å². The molecule has 2 amide bonds. The molecular weight excluding hydrogens is 389 g/mol. The van der Waals surface area contributed by atoms with E-state index in [4.69, 9.17) is 0 Å². The standard InChI is InChI=1S/C18H27N5O2.2ClH/c1-13(2)21-17-15(6-3-7-20-17)18(25)22-9-4-5-14(12-22)23-10-8-19-11-16(23)24;;/h3,6-7,13-14,19H,4-5,8-12H2,1-2H3,(H,20,21);2*1H. The smallest absolute Gasteiger partial charge is 0.257 e. The molecule has 2 aliphatic rings. The van der Waals surface area contributed by atoms with Gasteiger partial charge in [-0.25, -0.2) is 4.98 Å². The van der Waals surface area contributed by atoms with E-state index in [9.17, 15) is 9.59 Å². The first-order valence-corrected chi connectivity index (χ1v) is 9.07. The van der Waals surface area contributed by atoms with Crippen molar-refractivity contribution in [1.29, 1.82) is 0 Å². The minimum atomic E-state index is -0.0106. The number of likely N-dealkylation sites (tertiary alicyclic amines) is 1. The average Bonchev–Trinajstić information content (AvgIpc) is 2.62. The molecule has 0 aromatic carbocycles. The zero-order chi connectivity index (χ0) is 17.8. The van der Waals surface area contributed by atoms with E-state index in [-0.39, 0.29) is 48.7 Å². The van der Waals surface area contributed by atoms with Crippen molar-refractivity contribution in [3.05, 3.63) is 23.9 Å². The van der Waals surface area contributed by atoms with Crippen LogP contribution in [0.4, 0.5) is 5.82 Å². The molecule has 3 heterocycles. The van der Waals surface area contributed by atoms with Crippen LogP contribution in [0.5, 0.6) is 0 Å². The number of nitrogens with zero attached hydrogens (tertiary/aromatic N) is 3. The maximum absolute atomic E-state index is 13.0. The Hall–Kier alpha value is -1.57. The van der Waals surface area contributed by atoms with Gasteiger partial charge in [0.2, 0.25) is 5.91 Å². The molecule has 2 fully saturated rings. The van der Waals surface area contributed by atoms with Gasteiger partial charge in [-0.05, 0) is 38.8 Å². The highest BCUT2D eigenvalue weighted by Crippen LogP contribution is 2.21. The molecule has 7 nitrogen and oxygen atoms in total. The normalized spacial score (nSPS) is 20.0. The number of carbonyl (C=O) groups excluding carboxylic acids is 2. The Morgan fingerprint density at radius 3 is 2.81 bits per heavy atom. The highest BCUT2D eigenvalue weighted by atomic mass is 35.5. The van der Waals surface area contributed by atoms with E-state index >= 15 is 0 Å². The van der Waals surface area contributed by atoms with Crippen molar-refractivity contribution in [2.75, 3.05) is 38.0 Å². The average molecular weight is 418 g/mol. The monoisotopic (exact) mass is 417 g/mol. The second kappa shape index (κ2) is 10.7. The lowest BCUT2D eigenvalue weighted by Crippen LogP contribution is -2.57. The number of halogens is 2. The summed E-state index contributed by atoms with van der Waals surface area (Å²) in [5.74, 6) is 0.750. The maximum atomic E-state index is 13.0. The third kappa shape index (κ3) is 5.70. The SMILES string of the molecule is CC(C)Nc1ncccc1C(=O)N1CCCC(N2CCNCC2=O)C1.Cl.Cl. The Kier molecular flexibility index (Phi) is 9.29. The summed E-state index contributed by atoms with van der Waals surface area (Å²) in [5.41, 5.74) is 0.600. The molecule has 0 aliphatic carbocycles. The fraction of sp³-hybridized carbons (Fsp3) is 0.611. The predicted octanol–water partition coefficient (Wildman–Crippen LogP) is 1.78. The third-order valence-corrected chi connectivity index (χ3v) is 4.71. The van der Waals surface area contributed by atoms with Crippen LogP contribution in [0, 0.1) is 0 Å². The Morgan fingerprint density at radius 1 is 1.33 bits per heavy atom. The van der Waals surface area contributed by atoms with E-state index in [0.717, 1.165) is 32.5 Å². The Labute approximate surface area is 173 Å². The summed E-state index contributed by atoms with van der Waals surface area (Å²) in [6, 6.07) is 3.93. The predicted molar refractivity (Wildman–Crippen MR) is 111 cm³/mol. The number of pyridine rings is 1. The Morgan fingerprint density at radius 2 is 2.11 bits per heavy atom. The molecule has 152 valence electrons. The second-order valence-electron chi connectivity index (χ2n) is 7.01. The minimum absolute atomic E-state index is 0. The molecule has 0 bridgehead atoms. The topological polar surface area (TPSA) is 77.6 Å². The largest absolute Gasteiger partial charge is 0.367 e. The van der Waals surface area contributed by atoms with Crippen LogP contribution in [-0.2, 0) is 4.79 Å². The van der Waals surface area contributed by atoms with Crippen LogP contribution in [0.25, 0.3) is 0 Å². The van der Waals surface area contributed by atoms with Crippen LogP contribution < -0.4 is 10.6 Å². The number of piperidine rings is 1. The number of anilines is 1. The van der Waals surface area contributed by atoms with Crippen LogP contribution in [0.15, 0.2) is 18.3 Å². The zero-order valence-electron chi connectivity index (χ0n) is 15.8. The minimum Gasteiger partial charge on any atom is -0.367 e. The molecule has 2 aliphatic heterocycles. The summed E-state index contributed by atoms with van der Waals surface area (Å²) >= 11 is 0. The molecule has 27 heavy (non-hydrogen) atoms. The molecule has 0 spiro atoms. The molecule has 2 N–H and O–H groups in total. The number of rotatable bonds is 4. The molecule has 0 radical (unpaired) electrons. The lowest BCUT2D eigenvalue weighted by molar-refractivity contribution is -0.135. The molecule has 1 aromatic heterocycles. The number of hydrogen-bond acceptors (Lipinski definition) is 5. The van der Waals surface area contributed by atoms with E-state index in [0.29, 0.717) is 24.5 Å². The molecular formula is C18H29Cl2N5O2. The Balaban J connectivity index is 0.00000182. The van der Waals surface area contributed by atoms with Gasteiger partial charge in [-0.1, -0.05) is 0 Å². The van der Waals surface area contributed by atoms with Crippen LogP contribution in [0.2, 0.25) is 0 Å². The molecule has 2 saturated heterocycles. The van der Waals surface area contributed by atoms with E-state index in [1.54, 1.807) is 12.3 Å². The van der Waals surface area contributed by atoms with Gasteiger partial charge in [-0.15, -0.1) is 24.8 Å². The zero-order valence-corrected chi connectivity index (χ0v) is 17.4. The molecule has 0 saturated carbocycles. The number of hydrogen-bond donors (Lipinski definition) is 2.